The van der Waals surface area contributed by atoms with Gasteiger partial charge < -0.3 is 5.32 Å². The highest BCUT2D eigenvalue weighted by atomic mass is 16.6. The van der Waals surface area contributed by atoms with E-state index in [9.17, 15) is 14.9 Å². The summed E-state index contributed by atoms with van der Waals surface area (Å²) in [6, 6.07) is 9.71. The maximum atomic E-state index is 12.8. The van der Waals surface area contributed by atoms with Crippen LogP contribution >= 0.6 is 0 Å². The van der Waals surface area contributed by atoms with Gasteiger partial charge in [-0.1, -0.05) is 25.5 Å². The van der Waals surface area contributed by atoms with Crippen LogP contribution in [0.15, 0.2) is 42.6 Å². The number of anilines is 1. The summed E-state index contributed by atoms with van der Waals surface area (Å²) in [5, 5.41) is 13.6. The van der Waals surface area contributed by atoms with Gasteiger partial charge in [-0.3, -0.25) is 19.3 Å². The van der Waals surface area contributed by atoms with Crippen molar-refractivity contribution in [3.63, 3.8) is 0 Å². The van der Waals surface area contributed by atoms with Gasteiger partial charge in [0, 0.05) is 24.0 Å². The Morgan fingerprint density at radius 2 is 2.12 bits per heavy atom. The van der Waals surface area contributed by atoms with E-state index < -0.39 is 4.92 Å². The van der Waals surface area contributed by atoms with E-state index in [0.29, 0.717) is 23.4 Å². The zero-order valence-electron chi connectivity index (χ0n) is 14.0. The highest BCUT2D eigenvalue weighted by Gasteiger charge is 2.19. The zero-order valence-corrected chi connectivity index (χ0v) is 14.0. The van der Waals surface area contributed by atoms with Crippen molar-refractivity contribution >= 4 is 22.9 Å². The molecule has 0 saturated heterocycles. The lowest BCUT2D eigenvalue weighted by Gasteiger charge is -2.07. The molecule has 3 rings (SSSR count). The molecule has 1 aromatic carbocycles. The van der Waals surface area contributed by atoms with Crippen molar-refractivity contribution in [2.45, 2.75) is 26.7 Å². The minimum atomic E-state index is -0.490. The molecule has 0 spiro atoms. The number of rotatable bonds is 5. The number of fused-ring (bicyclic) bond motifs is 1. The van der Waals surface area contributed by atoms with E-state index in [1.54, 1.807) is 16.5 Å². The van der Waals surface area contributed by atoms with E-state index in [1.165, 1.54) is 12.1 Å². The third-order valence-electron chi connectivity index (χ3n) is 3.86. The fourth-order valence-corrected chi connectivity index (χ4v) is 2.74. The van der Waals surface area contributed by atoms with Crippen LogP contribution in [0, 0.1) is 17.0 Å². The monoisotopic (exact) mass is 338 g/mol. The van der Waals surface area contributed by atoms with Gasteiger partial charge in [-0.05, 0) is 31.0 Å². The van der Waals surface area contributed by atoms with Crippen molar-refractivity contribution in [2.75, 3.05) is 5.32 Å². The molecule has 0 atom stereocenters. The maximum absolute atomic E-state index is 12.8. The van der Waals surface area contributed by atoms with Gasteiger partial charge in [0.1, 0.15) is 11.3 Å². The lowest BCUT2D eigenvalue weighted by Crippen LogP contribution is -2.16. The number of aryl methyl sites for hydroxylation is 2. The number of nitro groups is 1. The standard InChI is InChI=1S/C18H18N4O3/c1-3-5-15-17(21-11-12(2)8-9-16(21)20-15)18(23)19-13-6-4-7-14(10-13)22(24)25/h4,6-11H,3,5H2,1-2H3,(H,19,23). The lowest BCUT2D eigenvalue weighted by atomic mass is 10.2. The number of non-ortho nitro benzene ring substituents is 1. The Labute approximate surface area is 144 Å². The van der Waals surface area contributed by atoms with Crippen molar-refractivity contribution in [2.24, 2.45) is 0 Å². The van der Waals surface area contributed by atoms with Crippen molar-refractivity contribution < 1.29 is 9.72 Å². The van der Waals surface area contributed by atoms with Crippen LogP contribution in [-0.2, 0) is 6.42 Å². The second-order valence-electron chi connectivity index (χ2n) is 5.85. The van der Waals surface area contributed by atoms with Gasteiger partial charge in [0.05, 0.1) is 10.6 Å². The van der Waals surface area contributed by atoms with E-state index in [-0.39, 0.29) is 11.6 Å². The minimum absolute atomic E-state index is 0.0689. The summed E-state index contributed by atoms with van der Waals surface area (Å²) in [4.78, 5) is 27.8. The predicted octanol–water partition coefficient (Wildman–Crippen LogP) is 3.76. The molecule has 7 nitrogen and oxygen atoms in total. The molecule has 2 heterocycles. The van der Waals surface area contributed by atoms with E-state index in [4.69, 9.17) is 0 Å². The molecule has 0 aliphatic carbocycles. The van der Waals surface area contributed by atoms with E-state index in [1.807, 2.05) is 32.2 Å². The SMILES string of the molecule is CCCc1nc2ccc(C)cn2c1C(=O)Nc1cccc([N+](=O)[O-])c1. The molecule has 1 amide bonds. The first-order valence-electron chi connectivity index (χ1n) is 8.03. The number of imidazole rings is 1. The van der Waals surface area contributed by atoms with Gasteiger partial charge in [-0.15, -0.1) is 0 Å². The van der Waals surface area contributed by atoms with Gasteiger partial charge in [-0.2, -0.15) is 0 Å². The van der Waals surface area contributed by atoms with Crippen molar-refractivity contribution in [1.29, 1.82) is 0 Å². The van der Waals surface area contributed by atoms with Crippen LogP contribution in [0.5, 0.6) is 0 Å². The highest BCUT2D eigenvalue weighted by Crippen LogP contribution is 2.20. The van der Waals surface area contributed by atoms with Crippen LogP contribution in [-0.4, -0.2) is 20.2 Å². The largest absolute Gasteiger partial charge is 0.320 e. The molecule has 0 unspecified atom stereocenters. The molecule has 7 heteroatoms. The molecule has 0 fully saturated rings. The number of pyridine rings is 1. The summed E-state index contributed by atoms with van der Waals surface area (Å²) in [6.07, 6.45) is 3.40. The normalized spacial score (nSPS) is 10.8. The Morgan fingerprint density at radius 1 is 1.32 bits per heavy atom. The molecule has 25 heavy (non-hydrogen) atoms. The van der Waals surface area contributed by atoms with Crippen LogP contribution in [0.2, 0.25) is 0 Å². The van der Waals surface area contributed by atoms with E-state index >= 15 is 0 Å². The fraction of sp³-hybridized carbons (Fsp3) is 0.222. The Kier molecular flexibility index (Phi) is 4.47. The van der Waals surface area contributed by atoms with E-state index in [0.717, 1.165) is 17.7 Å². The number of benzene rings is 1. The topological polar surface area (TPSA) is 89.5 Å². The van der Waals surface area contributed by atoms with Crippen molar-refractivity contribution in [3.05, 3.63) is 69.7 Å². The Balaban J connectivity index is 2.01. The first-order chi connectivity index (χ1) is 12.0. The summed E-state index contributed by atoms with van der Waals surface area (Å²) in [5.74, 6) is -0.331. The Bertz CT molecular complexity index is 962. The van der Waals surface area contributed by atoms with Crippen LogP contribution in [0.1, 0.15) is 35.1 Å². The molecule has 0 radical (unpaired) electrons. The molecule has 128 valence electrons. The summed E-state index contributed by atoms with van der Waals surface area (Å²) < 4.78 is 1.77. The average molecular weight is 338 g/mol. The van der Waals surface area contributed by atoms with Crippen LogP contribution in [0.25, 0.3) is 5.65 Å². The second-order valence-corrected chi connectivity index (χ2v) is 5.85. The van der Waals surface area contributed by atoms with Gasteiger partial charge in [0.15, 0.2) is 0 Å². The second kappa shape index (κ2) is 6.72. The molecule has 0 aliphatic heterocycles. The Hall–Kier alpha value is -3.22. The summed E-state index contributed by atoms with van der Waals surface area (Å²) in [5.41, 5.74) is 3.21. The fourth-order valence-electron chi connectivity index (χ4n) is 2.74. The van der Waals surface area contributed by atoms with Crippen molar-refractivity contribution in [1.82, 2.24) is 9.38 Å². The Morgan fingerprint density at radius 3 is 2.84 bits per heavy atom. The quantitative estimate of drug-likeness (QED) is 0.566. The van der Waals surface area contributed by atoms with Crippen LogP contribution in [0.4, 0.5) is 11.4 Å². The van der Waals surface area contributed by atoms with Gasteiger partial charge >= 0.3 is 0 Å². The number of aromatic nitrogens is 2. The van der Waals surface area contributed by atoms with Gasteiger partial charge in [-0.25, -0.2) is 4.98 Å². The number of amides is 1. The van der Waals surface area contributed by atoms with Gasteiger partial charge in [0.25, 0.3) is 11.6 Å². The number of nitrogens with one attached hydrogen (secondary N) is 1. The molecular weight excluding hydrogens is 320 g/mol. The van der Waals surface area contributed by atoms with Gasteiger partial charge in [0.2, 0.25) is 0 Å². The number of nitrogens with zero attached hydrogens (tertiary/aromatic N) is 3. The number of carbonyl (C=O) groups excluding carboxylic acids is 1. The summed E-state index contributed by atoms with van der Waals surface area (Å²) in [7, 11) is 0. The minimum Gasteiger partial charge on any atom is -0.320 e. The highest BCUT2D eigenvalue weighted by molar-refractivity contribution is 6.04. The molecule has 3 aromatic rings. The molecule has 2 aromatic heterocycles. The first kappa shape index (κ1) is 16.6. The van der Waals surface area contributed by atoms with E-state index in [2.05, 4.69) is 10.3 Å². The first-order valence-corrected chi connectivity index (χ1v) is 8.03. The average Bonchev–Trinajstić information content (AvgIpc) is 2.92. The predicted molar refractivity (Wildman–Crippen MR) is 95.0 cm³/mol. The molecular formula is C18H18N4O3. The smallest absolute Gasteiger partial charge is 0.274 e. The lowest BCUT2D eigenvalue weighted by molar-refractivity contribution is -0.384. The third kappa shape index (κ3) is 3.35. The summed E-state index contributed by atoms with van der Waals surface area (Å²) in [6.45, 7) is 3.97. The number of nitro benzene ring substituents is 1. The zero-order chi connectivity index (χ0) is 18.0. The maximum Gasteiger partial charge on any atom is 0.274 e. The number of hydrogen-bond acceptors (Lipinski definition) is 4. The molecule has 0 aliphatic rings. The number of hydrogen-bond donors (Lipinski definition) is 1. The molecule has 0 saturated carbocycles. The molecule has 0 bridgehead atoms. The third-order valence-corrected chi connectivity index (χ3v) is 3.86. The van der Waals surface area contributed by atoms with Crippen molar-refractivity contribution in [3.8, 4) is 0 Å². The van der Waals surface area contributed by atoms with Crippen LogP contribution < -0.4 is 5.32 Å². The number of carbonyl (C=O) groups is 1. The molecule has 1 N–H and O–H groups in total. The van der Waals surface area contributed by atoms with Crippen LogP contribution in [0.3, 0.4) is 0 Å². The summed E-state index contributed by atoms with van der Waals surface area (Å²) >= 11 is 0.